The number of furan rings is 1. The number of benzene rings is 2. The minimum Gasteiger partial charge on any atom is -0.467 e. The first kappa shape index (κ1) is 20.7. The predicted octanol–water partition coefficient (Wildman–Crippen LogP) is 3.96. The van der Waals surface area contributed by atoms with Gasteiger partial charge in [0.1, 0.15) is 5.76 Å². The number of piperazine rings is 1. The van der Waals surface area contributed by atoms with Gasteiger partial charge in [0.05, 0.1) is 18.8 Å². The number of hydrogen-bond donors (Lipinski definition) is 1. The number of nitrogens with zero attached hydrogens (tertiary/aromatic N) is 2. The summed E-state index contributed by atoms with van der Waals surface area (Å²) in [4.78, 5) is 17.1. The van der Waals surface area contributed by atoms with Crippen LogP contribution in [0.1, 0.15) is 22.9 Å². The van der Waals surface area contributed by atoms with Gasteiger partial charge in [-0.15, -0.1) is 0 Å². The highest BCUT2D eigenvalue weighted by molar-refractivity contribution is 6.30. The van der Waals surface area contributed by atoms with Crippen molar-refractivity contribution in [1.29, 1.82) is 0 Å². The van der Waals surface area contributed by atoms with Gasteiger partial charge in [0.15, 0.2) is 0 Å². The maximum atomic E-state index is 12.8. The predicted molar refractivity (Wildman–Crippen MR) is 118 cm³/mol. The molecular weight excluding hydrogens is 398 g/mol. The molecule has 0 unspecified atom stereocenters. The van der Waals surface area contributed by atoms with Gasteiger partial charge in [-0.1, -0.05) is 54.1 Å². The lowest BCUT2D eigenvalue weighted by molar-refractivity contribution is -0.132. The second-order valence-corrected chi connectivity index (χ2v) is 7.96. The van der Waals surface area contributed by atoms with Gasteiger partial charge in [-0.2, -0.15) is 0 Å². The van der Waals surface area contributed by atoms with Crippen molar-refractivity contribution < 1.29 is 9.21 Å². The maximum Gasteiger partial charge on any atom is 0.236 e. The normalized spacial score (nSPS) is 15.8. The Bertz CT molecular complexity index is 921. The summed E-state index contributed by atoms with van der Waals surface area (Å²) in [5.41, 5.74) is 2.32. The molecule has 1 saturated heterocycles. The second-order valence-electron chi connectivity index (χ2n) is 7.52. The minimum absolute atomic E-state index is 0.119. The van der Waals surface area contributed by atoms with Gasteiger partial charge in [-0.05, 0) is 35.4 Å². The molecule has 6 heteroatoms. The number of halogens is 1. The molecule has 1 N–H and O–H groups in total. The van der Waals surface area contributed by atoms with E-state index in [1.54, 1.807) is 6.26 Å². The highest BCUT2D eigenvalue weighted by Crippen LogP contribution is 2.22. The molecule has 1 atom stereocenters. The molecule has 1 amide bonds. The van der Waals surface area contributed by atoms with Gasteiger partial charge in [-0.25, -0.2) is 0 Å². The van der Waals surface area contributed by atoms with Crippen LogP contribution in [0.5, 0.6) is 0 Å². The third kappa shape index (κ3) is 5.30. The monoisotopic (exact) mass is 423 g/mol. The van der Waals surface area contributed by atoms with Gasteiger partial charge in [0, 0.05) is 37.7 Å². The Morgan fingerprint density at radius 2 is 1.70 bits per heavy atom. The quantitative estimate of drug-likeness (QED) is 0.625. The fourth-order valence-electron chi connectivity index (χ4n) is 3.79. The van der Waals surface area contributed by atoms with Crippen LogP contribution in [-0.4, -0.2) is 48.4 Å². The van der Waals surface area contributed by atoms with Crippen LogP contribution < -0.4 is 5.32 Å². The molecule has 0 spiro atoms. The summed E-state index contributed by atoms with van der Waals surface area (Å²) in [7, 11) is 0. The highest BCUT2D eigenvalue weighted by atomic mass is 35.5. The molecule has 4 rings (SSSR count). The van der Waals surface area contributed by atoms with E-state index in [0.29, 0.717) is 0 Å². The zero-order valence-electron chi connectivity index (χ0n) is 16.8. The first-order valence-corrected chi connectivity index (χ1v) is 10.6. The van der Waals surface area contributed by atoms with E-state index in [2.05, 4.69) is 22.3 Å². The Balaban J connectivity index is 1.29. The van der Waals surface area contributed by atoms with E-state index < -0.39 is 0 Å². The average Bonchev–Trinajstić information content (AvgIpc) is 3.31. The van der Waals surface area contributed by atoms with E-state index in [9.17, 15) is 4.79 Å². The average molecular weight is 424 g/mol. The standard InChI is InChI=1S/C24H26ClN3O2/c25-21-10-8-19(9-11-21)18-27-12-14-28(15-13-27)23(29)17-26-24(22-7-4-16-30-22)20-5-2-1-3-6-20/h1-11,16,24,26H,12-15,17-18H2/t24-/m1/s1. The lowest BCUT2D eigenvalue weighted by Gasteiger charge is -2.35. The van der Waals surface area contributed by atoms with Gasteiger partial charge >= 0.3 is 0 Å². The first-order chi connectivity index (χ1) is 14.7. The summed E-state index contributed by atoms with van der Waals surface area (Å²) in [6, 6.07) is 21.7. The lowest BCUT2D eigenvalue weighted by Crippen LogP contribution is -2.50. The molecule has 1 aliphatic rings. The number of carbonyl (C=O) groups excluding carboxylic acids is 1. The summed E-state index contributed by atoms with van der Waals surface area (Å²) in [6.45, 7) is 4.38. The van der Waals surface area contributed by atoms with Gasteiger partial charge in [-0.3, -0.25) is 15.0 Å². The number of carbonyl (C=O) groups is 1. The molecule has 156 valence electrons. The van der Waals surface area contributed by atoms with Crippen LogP contribution in [0.4, 0.5) is 0 Å². The van der Waals surface area contributed by atoms with Gasteiger partial charge in [0.25, 0.3) is 0 Å². The third-order valence-electron chi connectivity index (χ3n) is 5.46. The van der Waals surface area contributed by atoms with Gasteiger partial charge in [0.2, 0.25) is 5.91 Å². The smallest absolute Gasteiger partial charge is 0.236 e. The molecule has 2 aromatic carbocycles. The fraction of sp³-hybridized carbons (Fsp3) is 0.292. The molecule has 0 bridgehead atoms. The molecule has 1 fully saturated rings. The second kappa shape index (κ2) is 9.94. The van der Waals surface area contributed by atoms with E-state index in [4.69, 9.17) is 16.0 Å². The maximum absolute atomic E-state index is 12.8. The Kier molecular flexibility index (Phi) is 6.84. The third-order valence-corrected chi connectivity index (χ3v) is 5.71. The van der Waals surface area contributed by atoms with Crippen molar-refractivity contribution in [1.82, 2.24) is 15.1 Å². The van der Waals surface area contributed by atoms with Crippen molar-refractivity contribution in [3.05, 3.63) is 94.9 Å². The Hall–Kier alpha value is -2.60. The molecule has 3 aromatic rings. The number of nitrogens with one attached hydrogen (secondary N) is 1. The molecule has 0 saturated carbocycles. The van der Waals surface area contributed by atoms with Crippen LogP contribution in [-0.2, 0) is 11.3 Å². The van der Waals surface area contributed by atoms with E-state index >= 15 is 0 Å². The molecular formula is C24H26ClN3O2. The SMILES string of the molecule is O=C(CN[C@H](c1ccccc1)c1ccco1)N1CCN(Cc2ccc(Cl)cc2)CC1. The van der Waals surface area contributed by atoms with Crippen molar-refractivity contribution >= 4 is 17.5 Å². The summed E-state index contributed by atoms with van der Waals surface area (Å²) >= 11 is 5.96. The molecule has 0 radical (unpaired) electrons. The van der Waals surface area contributed by atoms with Crippen LogP contribution in [0, 0.1) is 0 Å². The van der Waals surface area contributed by atoms with E-state index in [0.717, 1.165) is 49.1 Å². The van der Waals surface area contributed by atoms with E-state index in [-0.39, 0.29) is 18.5 Å². The first-order valence-electron chi connectivity index (χ1n) is 10.3. The summed E-state index contributed by atoms with van der Waals surface area (Å²) < 4.78 is 5.60. The topological polar surface area (TPSA) is 48.7 Å². The Morgan fingerprint density at radius 1 is 0.967 bits per heavy atom. The summed E-state index contributed by atoms with van der Waals surface area (Å²) in [6.07, 6.45) is 1.66. The van der Waals surface area contributed by atoms with Crippen LogP contribution in [0.3, 0.4) is 0 Å². The van der Waals surface area contributed by atoms with Crippen molar-refractivity contribution in [2.75, 3.05) is 32.7 Å². The number of rotatable bonds is 7. The van der Waals surface area contributed by atoms with Crippen molar-refractivity contribution in [2.45, 2.75) is 12.6 Å². The van der Waals surface area contributed by atoms with Crippen LogP contribution in [0.15, 0.2) is 77.4 Å². The zero-order chi connectivity index (χ0) is 20.8. The lowest BCUT2D eigenvalue weighted by atomic mass is 10.0. The van der Waals surface area contributed by atoms with Crippen molar-refractivity contribution in [2.24, 2.45) is 0 Å². The molecule has 1 aliphatic heterocycles. The van der Waals surface area contributed by atoms with Crippen molar-refractivity contribution in [3.63, 3.8) is 0 Å². The number of hydrogen-bond acceptors (Lipinski definition) is 4. The molecule has 2 heterocycles. The van der Waals surface area contributed by atoms with E-state index in [1.165, 1.54) is 5.56 Å². The molecule has 1 aromatic heterocycles. The zero-order valence-corrected chi connectivity index (χ0v) is 17.6. The fourth-order valence-corrected chi connectivity index (χ4v) is 3.91. The van der Waals surface area contributed by atoms with Crippen molar-refractivity contribution in [3.8, 4) is 0 Å². The largest absolute Gasteiger partial charge is 0.467 e. The minimum atomic E-state index is -0.142. The van der Waals surface area contributed by atoms with Crippen LogP contribution in [0.2, 0.25) is 5.02 Å². The van der Waals surface area contributed by atoms with Gasteiger partial charge < -0.3 is 9.32 Å². The molecule has 30 heavy (non-hydrogen) atoms. The molecule has 5 nitrogen and oxygen atoms in total. The van der Waals surface area contributed by atoms with E-state index in [1.807, 2.05) is 59.5 Å². The Morgan fingerprint density at radius 3 is 2.37 bits per heavy atom. The Labute approximate surface area is 182 Å². The summed E-state index contributed by atoms with van der Waals surface area (Å²) in [5, 5.41) is 4.14. The van der Waals surface area contributed by atoms with Crippen LogP contribution in [0.25, 0.3) is 0 Å². The highest BCUT2D eigenvalue weighted by Gasteiger charge is 2.23. The molecule has 0 aliphatic carbocycles. The van der Waals surface area contributed by atoms with Crippen LogP contribution >= 0.6 is 11.6 Å². The summed E-state index contributed by atoms with van der Waals surface area (Å²) in [5.74, 6) is 0.926. The number of amides is 1.